The molecular formula is C13H14F2N2O. The number of halogens is 2. The van der Waals surface area contributed by atoms with Crippen LogP contribution >= 0.6 is 0 Å². The van der Waals surface area contributed by atoms with Gasteiger partial charge in [-0.2, -0.15) is 0 Å². The van der Waals surface area contributed by atoms with Gasteiger partial charge in [-0.05, 0) is 25.1 Å². The maximum atomic E-state index is 13.1. The van der Waals surface area contributed by atoms with Crippen molar-refractivity contribution < 1.29 is 13.2 Å². The molecule has 0 radical (unpaired) electrons. The second-order valence-electron chi connectivity index (χ2n) is 3.95. The van der Waals surface area contributed by atoms with Gasteiger partial charge in [0.1, 0.15) is 11.6 Å². The smallest absolute Gasteiger partial charge is 0.208 e. The van der Waals surface area contributed by atoms with Crippen LogP contribution in [0.4, 0.5) is 8.78 Å². The molecule has 1 heterocycles. The van der Waals surface area contributed by atoms with E-state index in [0.717, 1.165) is 19.0 Å². The monoisotopic (exact) mass is 252 g/mol. The van der Waals surface area contributed by atoms with Gasteiger partial charge in [0.2, 0.25) is 5.89 Å². The number of benzene rings is 1. The first kappa shape index (κ1) is 12.7. The molecule has 1 aromatic carbocycles. The van der Waals surface area contributed by atoms with Crippen molar-refractivity contribution in [3.8, 4) is 11.3 Å². The minimum atomic E-state index is -0.632. The van der Waals surface area contributed by atoms with Crippen LogP contribution in [0.1, 0.15) is 19.2 Å². The summed E-state index contributed by atoms with van der Waals surface area (Å²) in [7, 11) is 0. The van der Waals surface area contributed by atoms with Gasteiger partial charge in [-0.15, -0.1) is 0 Å². The van der Waals surface area contributed by atoms with Crippen molar-refractivity contribution >= 4 is 0 Å². The molecule has 0 amide bonds. The maximum Gasteiger partial charge on any atom is 0.208 e. The number of hydrogen-bond acceptors (Lipinski definition) is 3. The first-order valence-corrected chi connectivity index (χ1v) is 5.81. The standard InChI is InChI=1S/C13H14F2N2O/c1-2-3-16-8-13-17-7-12(18-13)9-4-10(14)6-11(15)5-9/h4-7,16H,2-3,8H2,1H3. The summed E-state index contributed by atoms with van der Waals surface area (Å²) in [6.45, 7) is 3.43. The van der Waals surface area contributed by atoms with Gasteiger partial charge in [-0.25, -0.2) is 13.8 Å². The van der Waals surface area contributed by atoms with Gasteiger partial charge < -0.3 is 9.73 Å². The molecule has 18 heavy (non-hydrogen) atoms. The quantitative estimate of drug-likeness (QED) is 0.831. The van der Waals surface area contributed by atoms with Crippen molar-refractivity contribution in [1.29, 1.82) is 0 Å². The molecule has 0 unspecified atom stereocenters. The average Bonchev–Trinajstić information content (AvgIpc) is 2.77. The van der Waals surface area contributed by atoms with E-state index in [2.05, 4.69) is 17.2 Å². The Balaban J connectivity index is 2.13. The Morgan fingerprint density at radius 2 is 1.94 bits per heavy atom. The summed E-state index contributed by atoms with van der Waals surface area (Å²) < 4.78 is 31.5. The summed E-state index contributed by atoms with van der Waals surface area (Å²) in [5, 5.41) is 3.13. The third kappa shape index (κ3) is 3.13. The lowest BCUT2D eigenvalue weighted by Crippen LogP contribution is -2.13. The molecular weight excluding hydrogens is 238 g/mol. The fourth-order valence-corrected chi connectivity index (χ4v) is 1.59. The largest absolute Gasteiger partial charge is 0.439 e. The zero-order valence-electron chi connectivity index (χ0n) is 10.0. The lowest BCUT2D eigenvalue weighted by atomic mass is 10.2. The predicted molar refractivity (Wildman–Crippen MR) is 63.9 cm³/mol. The van der Waals surface area contributed by atoms with Gasteiger partial charge in [0.25, 0.3) is 0 Å². The van der Waals surface area contributed by atoms with Gasteiger partial charge >= 0.3 is 0 Å². The van der Waals surface area contributed by atoms with Crippen molar-refractivity contribution in [2.75, 3.05) is 6.54 Å². The molecule has 0 bridgehead atoms. The van der Waals surface area contributed by atoms with E-state index in [-0.39, 0.29) is 0 Å². The highest BCUT2D eigenvalue weighted by Crippen LogP contribution is 2.22. The first-order valence-electron chi connectivity index (χ1n) is 5.81. The van der Waals surface area contributed by atoms with Crippen molar-refractivity contribution in [2.45, 2.75) is 19.9 Å². The minimum absolute atomic E-state index is 0.349. The molecule has 0 fully saturated rings. The second kappa shape index (κ2) is 5.73. The highest BCUT2D eigenvalue weighted by atomic mass is 19.1. The van der Waals surface area contributed by atoms with Gasteiger partial charge in [0.15, 0.2) is 5.76 Å². The molecule has 0 spiro atoms. The van der Waals surface area contributed by atoms with Crippen molar-refractivity contribution in [3.63, 3.8) is 0 Å². The summed E-state index contributed by atoms with van der Waals surface area (Å²) in [6.07, 6.45) is 2.49. The number of rotatable bonds is 5. The Bertz CT molecular complexity index is 505. The molecule has 2 rings (SSSR count). The maximum absolute atomic E-state index is 13.1. The molecule has 0 aliphatic heterocycles. The molecule has 2 aromatic rings. The normalized spacial score (nSPS) is 10.8. The Kier molecular flexibility index (Phi) is 4.04. The van der Waals surface area contributed by atoms with Gasteiger partial charge in [-0.3, -0.25) is 0 Å². The Morgan fingerprint density at radius 3 is 2.61 bits per heavy atom. The van der Waals surface area contributed by atoms with E-state index in [0.29, 0.717) is 23.8 Å². The zero-order chi connectivity index (χ0) is 13.0. The zero-order valence-corrected chi connectivity index (χ0v) is 10.0. The van der Waals surface area contributed by atoms with Gasteiger partial charge in [0.05, 0.1) is 12.7 Å². The van der Waals surface area contributed by atoms with E-state index < -0.39 is 11.6 Å². The number of hydrogen-bond donors (Lipinski definition) is 1. The van der Waals surface area contributed by atoms with Crippen LogP contribution in [0.5, 0.6) is 0 Å². The lowest BCUT2D eigenvalue weighted by Gasteiger charge is -1.99. The van der Waals surface area contributed by atoms with E-state index in [9.17, 15) is 8.78 Å². The first-order chi connectivity index (χ1) is 8.69. The number of nitrogens with zero attached hydrogens (tertiary/aromatic N) is 1. The van der Waals surface area contributed by atoms with Crippen molar-refractivity contribution in [2.24, 2.45) is 0 Å². The van der Waals surface area contributed by atoms with Crippen LogP contribution in [0.2, 0.25) is 0 Å². The molecule has 0 aliphatic rings. The van der Waals surface area contributed by atoms with Crippen LogP contribution in [0, 0.1) is 11.6 Å². The Hall–Kier alpha value is -1.75. The average molecular weight is 252 g/mol. The predicted octanol–water partition coefficient (Wildman–Crippen LogP) is 3.12. The van der Waals surface area contributed by atoms with Gasteiger partial charge in [-0.1, -0.05) is 6.92 Å². The summed E-state index contributed by atoms with van der Waals surface area (Å²) in [4.78, 5) is 4.05. The molecule has 1 aromatic heterocycles. The summed E-state index contributed by atoms with van der Waals surface area (Å²) in [6, 6.07) is 3.25. The van der Waals surface area contributed by atoms with E-state index in [1.165, 1.54) is 18.3 Å². The number of nitrogens with one attached hydrogen (secondary N) is 1. The molecule has 96 valence electrons. The Morgan fingerprint density at radius 1 is 1.22 bits per heavy atom. The number of aromatic nitrogens is 1. The molecule has 3 nitrogen and oxygen atoms in total. The highest BCUT2D eigenvalue weighted by molar-refractivity contribution is 5.56. The van der Waals surface area contributed by atoms with Crippen LogP contribution in [0.3, 0.4) is 0 Å². The van der Waals surface area contributed by atoms with E-state index in [1.54, 1.807) is 0 Å². The molecule has 1 N–H and O–H groups in total. The second-order valence-corrected chi connectivity index (χ2v) is 3.95. The van der Waals surface area contributed by atoms with E-state index in [4.69, 9.17) is 4.42 Å². The van der Waals surface area contributed by atoms with Crippen LogP contribution in [0.15, 0.2) is 28.8 Å². The number of oxazole rings is 1. The van der Waals surface area contributed by atoms with Gasteiger partial charge in [0, 0.05) is 11.6 Å². The third-order valence-electron chi connectivity index (χ3n) is 2.40. The van der Waals surface area contributed by atoms with Crippen molar-refractivity contribution in [1.82, 2.24) is 10.3 Å². The van der Waals surface area contributed by atoms with E-state index in [1.807, 2.05) is 0 Å². The van der Waals surface area contributed by atoms with Crippen molar-refractivity contribution in [3.05, 3.63) is 41.9 Å². The molecule has 0 saturated heterocycles. The highest BCUT2D eigenvalue weighted by Gasteiger charge is 2.08. The van der Waals surface area contributed by atoms with E-state index >= 15 is 0 Å². The molecule has 5 heteroatoms. The van der Waals surface area contributed by atoms with Crippen LogP contribution in [-0.2, 0) is 6.54 Å². The summed E-state index contributed by atoms with van der Waals surface area (Å²) in [5.41, 5.74) is 0.349. The molecule has 0 aliphatic carbocycles. The SMILES string of the molecule is CCCNCc1ncc(-c2cc(F)cc(F)c2)o1. The van der Waals surface area contributed by atoms with Crippen LogP contribution in [0.25, 0.3) is 11.3 Å². The topological polar surface area (TPSA) is 38.1 Å². The minimum Gasteiger partial charge on any atom is -0.439 e. The summed E-state index contributed by atoms with van der Waals surface area (Å²) >= 11 is 0. The fourth-order valence-electron chi connectivity index (χ4n) is 1.59. The molecule has 0 atom stereocenters. The summed E-state index contributed by atoms with van der Waals surface area (Å²) in [5.74, 6) is -0.399. The Labute approximate surface area is 104 Å². The lowest BCUT2D eigenvalue weighted by molar-refractivity contribution is 0.477. The van der Waals surface area contributed by atoms with Crippen LogP contribution < -0.4 is 5.32 Å². The fraction of sp³-hybridized carbons (Fsp3) is 0.308. The third-order valence-corrected chi connectivity index (χ3v) is 2.40. The van der Waals surface area contributed by atoms with Crippen LogP contribution in [-0.4, -0.2) is 11.5 Å². The molecule has 0 saturated carbocycles.